The first-order valence-electron chi connectivity index (χ1n) is 33.0. The van der Waals surface area contributed by atoms with Crippen molar-refractivity contribution in [3.63, 3.8) is 0 Å². The molecule has 0 unspecified atom stereocenters. The summed E-state index contributed by atoms with van der Waals surface area (Å²) in [6.07, 6.45) is 20.5. The van der Waals surface area contributed by atoms with Gasteiger partial charge in [-0.3, -0.25) is 0 Å². The molecule has 0 N–H and O–H groups in total. The van der Waals surface area contributed by atoms with Crippen molar-refractivity contribution in [3.8, 4) is 44.5 Å². The van der Waals surface area contributed by atoms with Gasteiger partial charge < -0.3 is 24.8 Å². The molecule has 90 heavy (non-hydrogen) atoms. The number of hydrogen-bond donors (Lipinski definition) is 0. The van der Waals surface area contributed by atoms with Crippen LogP contribution < -0.4 is 24.8 Å². The van der Waals surface area contributed by atoms with Gasteiger partial charge in [-0.25, -0.2) is 0 Å². The predicted octanol–water partition coefficient (Wildman–Crippen LogP) is 19.4. The third-order valence-electron chi connectivity index (χ3n) is 15.9. The summed E-state index contributed by atoms with van der Waals surface area (Å²) in [5.41, 5.74) is 17.0. The second-order valence-electron chi connectivity index (χ2n) is 24.0. The molecule has 0 aromatic heterocycles. The normalized spacial score (nSPS) is 10.4. The third-order valence-corrected chi connectivity index (χ3v) is 15.9. The van der Waals surface area contributed by atoms with E-state index in [-0.39, 0.29) is 35.7 Å². The molecule has 12 aromatic carbocycles. The van der Waals surface area contributed by atoms with Gasteiger partial charge in [0.15, 0.2) is 0 Å². The van der Waals surface area contributed by atoms with Crippen LogP contribution in [0.25, 0.3) is 87.6 Å². The minimum atomic E-state index is 0. The molecule has 0 atom stereocenters. The van der Waals surface area contributed by atoms with Gasteiger partial charge in [0.05, 0.1) is 0 Å². The first kappa shape index (κ1) is 75.7. The zero-order valence-electron chi connectivity index (χ0n) is 55.2. The number of unbranched alkanes of at least 4 members (excludes halogenated alkanes) is 8. The number of fused-ring (bicyclic) bond motifs is 4. The maximum Gasteiger partial charge on any atom is -1.00 e. The average molecular weight is 1420 g/mol. The minimum Gasteiger partial charge on any atom is -1.00 e. The molecule has 0 spiro atoms. The van der Waals surface area contributed by atoms with Crippen molar-refractivity contribution in [1.82, 2.24) is 0 Å². The largest absolute Gasteiger partial charge is 1.00 e. The van der Waals surface area contributed by atoms with Crippen molar-refractivity contribution < 1.29 is 71.5 Å². The number of rotatable bonds is 20. The molecule has 0 aliphatic rings. The second kappa shape index (κ2) is 42.3. The Balaban J connectivity index is 0.000000208. The molecule has 0 amide bonds. The summed E-state index contributed by atoms with van der Waals surface area (Å²) in [7, 11) is 0. The molecule has 12 aromatic rings. The fourth-order valence-corrected chi connectivity index (χ4v) is 11.6. The van der Waals surface area contributed by atoms with Gasteiger partial charge in [-0.2, -0.15) is 24.3 Å². The van der Waals surface area contributed by atoms with E-state index in [1.54, 1.807) is 46.7 Å². The van der Waals surface area contributed by atoms with Gasteiger partial charge in [-0.15, -0.1) is 138 Å². The summed E-state index contributed by atoms with van der Waals surface area (Å²) in [6.45, 7) is 18.3. The predicted molar refractivity (Wildman–Crippen MR) is 388 cm³/mol. The third kappa shape index (κ3) is 24.5. The Morgan fingerprint density at radius 3 is 0.633 bits per heavy atom. The first-order chi connectivity index (χ1) is 43.0. The van der Waals surface area contributed by atoms with Gasteiger partial charge in [0.25, 0.3) is 0 Å². The van der Waals surface area contributed by atoms with Crippen LogP contribution in [-0.2, 0) is 72.4 Å². The molecular weight excluding hydrogens is 1320 g/mol. The van der Waals surface area contributed by atoms with E-state index in [1.807, 2.05) is 0 Å². The van der Waals surface area contributed by atoms with E-state index in [2.05, 4.69) is 297 Å². The second-order valence-corrected chi connectivity index (χ2v) is 42.7. The quantitative estimate of drug-likeness (QED) is 0.0405. The van der Waals surface area contributed by atoms with Gasteiger partial charge in [-0.05, 0) is 47.9 Å². The van der Waals surface area contributed by atoms with E-state index in [0.717, 1.165) is 0 Å². The van der Waals surface area contributed by atoms with Crippen molar-refractivity contribution in [1.29, 1.82) is 0 Å². The monoisotopic (exact) mass is 1410 g/mol. The maximum atomic E-state index is 2.38. The Labute approximate surface area is 585 Å². The van der Waals surface area contributed by atoms with Gasteiger partial charge in [0.2, 0.25) is 0 Å². The van der Waals surface area contributed by atoms with Gasteiger partial charge in [-0.1, -0.05) is 273 Å². The van der Waals surface area contributed by atoms with E-state index < -0.39 is 0 Å². The fraction of sp³-hybridized carbons (Fsp3) is 0.286. The average Bonchev–Trinajstić information content (AvgIpc) is 2.13. The molecule has 0 aliphatic carbocycles. The van der Waals surface area contributed by atoms with Crippen LogP contribution in [0.5, 0.6) is 0 Å². The molecule has 6 heteroatoms. The van der Waals surface area contributed by atoms with Crippen LogP contribution in [-0.4, -0.2) is 10.9 Å². The van der Waals surface area contributed by atoms with Crippen LogP contribution in [0.1, 0.15) is 127 Å². The molecule has 0 nitrogen and oxygen atoms in total. The Hall–Kier alpha value is -5.02. The van der Waals surface area contributed by atoms with Crippen LogP contribution in [0, 0.1) is 0 Å². The van der Waals surface area contributed by atoms with Gasteiger partial charge in [0.1, 0.15) is 0 Å². The molecular formula is C84H96Cl2Si2Zr2-2. The summed E-state index contributed by atoms with van der Waals surface area (Å²) in [4.78, 5) is 0. The van der Waals surface area contributed by atoms with Crippen LogP contribution >= 0.6 is 0 Å². The molecule has 0 heterocycles. The Kier molecular flexibility index (Phi) is 35.5. The summed E-state index contributed by atoms with van der Waals surface area (Å²) < 4.78 is 0. The molecule has 0 radical (unpaired) electrons. The van der Waals surface area contributed by atoms with E-state index in [4.69, 9.17) is 0 Å². The van der Waals surface area contributed by atoms with E-state index in [1.165, 1.54) is 213 Å². The van der Waals surface area contributed by atoms with Gasteiger partial charge >= 0.3 is 83.7 Å². The van der Waals surface area contributed by atoms with Crippen LogP contribution in [0.15, 0.2) is 243 Å². The summed E-state index contributed by atoms with van der Waals surface area (Å²) in [6, 6.07) is 88.2. The summed E-state index contributed by atoms with van der Waals surface area (Å²) in [5, 5.41) is 11.1. The molecule has 0 aliphatic heterocycles. The minimum absolute atomic E-state index is 0. The van der Waals surface area contributed by atoms with E-state index in [9.17, 15) is 0 Å². The summed E-state index contributed by atoms with van der Waals surface area (Å²) >= 11 is 3.48. The smallest absolute Gasteiger partial charge is 1.00 e. The van der Waals surface area contributed by atoms with Gasteiger partial charge in [0, 0.05) is 0 Å². The molecule has 0 saturated carbocycles. The van der Waals surface area contributed by atoms with Crippen molar-refractivity contribution in [2.75, 3.05) is 0 Å². The SMILES string of the molecule is CCCCCc1cc2c(-c3ccccc3)cccc2[cH-]1.CCCCCc1cc2c(-c3ccccc3)cccc2[cH-]1.CCCCCc1cc2c(-c3ccccc3)cccc2[cH-]1.CCCCCc1cc2c(-c3ccccc3)cccc2[cH-]1.C[Si](C)=[Zr+2].C[Si](C)=[Zr+2].[Cl-].[Cl-]. The molecule has 464 valence electrons. The maximum absolute atomic E-state index is 2.38. The van der Waals surface area contributed by atoms with E-state index in [0.29, 0.717) is 0 Å². The van der Waals surface area contributed by atoms with Crippen LogP contribution in [0.3, 0.4) is 0 Å². The fourth-order valence-electron chi connectivity index (χ4n) is 11.6. The number of aryl methyl sites for hydroxylation is 4. The first-order valence-corrected chi connectivity index (χ1v) is 45.4. The van der Waals surface area contributed by atoms with Crippen LogP contribution in [0.4, 0.5) is 0 Å². The Morgan fingerprint density at radius 1 is 0.267 bits per heavy atom. The standard InChI is InChI=1S/4C20H21.2C2H6Si.2ClH.2Zr/c4*1-2-3-5-9-16-14-18-12-8-13-19(20(18)15-16)17-10-6-4-7-11-17;2*1-3-2;;;;/h4*4,6-8,10-15H,2-3,5,9H2,1H3;2*1-2H3;2*1H;;/q4*-1;;;;;2*+2/p-2. The zero-order valence-corrected chi connectivity index (χ0v) is 63.6. The Bertz CT molecular complexity index is 3430. The zero-order chi connectivity index (χ0) is 62.3. The summed E-state index contributed by atoms with van der Waals surface area (Å²) in [5.74, 6) is 0. The van der Waals surface area contributed by atoms with E-state index >= 15 is 0 Å². The molecule has 0 saturated heterocycles. The van der Waals surface area contributed by atoms with Crippen LogP contribution in [0.2, 0.25) is 26.2 Å². The van der Waals surface area contributed by atoms with Crippen molar-refractivity contribution in [3.05, 3.63) is 265 Å². The van der Waals surface area contributed by atoms with Crippen molar-refractivity contribution in [2.45, 2.75) is 157 Å². The molecule has 0 fully saturated rings. The number of hydrogen-bond acceptors (Lipinski definition) is 0. The molecule has 0 bridgehead atoms. The van der Waals surface area contributed by atoms with Crippen molar-refractivity contribution >= 4 is 54.0 Å². The number of benzene rings is 8. The van der Waals surface area contributed by atoms with Crippen molar-refractivity contribution in [2.24, 2.45) is 0 Å². The number of halogens is 2. The topological polar surface area (TPSA) is 0 Å². The Morgan fingerprint density at radius 2 is 0.456 bits per heavy atom. The molecule has 12 rings (SSSR count).